The van der Waals surface area contributed by atoms with Crippen molar-refractivity contribution < 1.29 is 13.2 Å². The van der Waals surface area contributed by atoms with Crippen molar-refractivity contribution in [3.63, 3.8) is 0 Å². The molecule has 1 aliphatic rings. The second-order valence-corrected chi connectivity index (χ2v) is 9.22. The minimum absolute atomic E-state index is 0.00665. The average Bonchev–Trinajstić information content (AvgIpc) is 2.73. The molecule has 32 heavy (non-hydrogen) atoms. The largest absolute Gasteiger partial charge is 0.416 e. The molecule has 0 spiro atoms. The number of benzene rings is 2. The van der Waals surface area contributed by atoms with E-state index in [2.05, 4.69) is 36.9 Å². The number of alkyl halides is 3. The van der Waals surface area contributed by atoms with Crippen molar-refractivity contribution in [2.24, 2.45) is 5.92 Å². The van der Waals surface area contributed by atoms with Gasteiger partial charge in [0.05, 0.1) is 17.0 Å². The van der Waals surface area contributed by atoms with Crippen molar-refractivity contribution in [1.29, 1.82) is 5.26 Å². The van der Waals surface area contributed by atoms with E-state index in [9.17, 15) is 18.4 Å². The van der Waals surface area contributed by atoms with E-state index in [1.807, 2.05) is 18.2 Å². The van der Waals surface area contributed by atoms with Crippen LogP contribution in [0.2, 0.25) is 0 Å². The highest BCUT2D eigenvalue weighted by Crippen LogP contribution is 2.50. The van der Waals surface area contributed by atoms with Gasteiger partial charge >= 0.3 is 6.18 Å². The van der Waals surface area contributed by atoms with E-state index in [-0.39, 0.29) is 11.5 Å². The van der Waals surface area contributed by atoms with Crippen LogP contribution in [0.5, 0.6) is 0 Å². The molecule has 0 heterocycles. The third kappa shape index (κ3) is 5.53. The molecule has 0 radical (unpaired) electrons. The Hall–Kier alpha value is -2.32. The second-order valence-electron chi connectivity index (χ2n) is 9.22. The molecular formula is C27H33F3N2. The van der Waals surface area contributed by atoms with Gasteiger partial charge < -0.3 is 4.90 Å². The standard InChI is InChI=1S/C27H33F3N2/c1-21(2)32(19-16-22-10-4-3-5-11-22)18-9-17-26(20-31,23-12-8-13-23)24-14-6-7-15-25(24)27(28,29)30/h3-7,10-11,14-15,21,23H,8-9,12-13,16-19H2,1-2H3. The summed E-state index contributed by atoms with van der Waals surface area (Å²) in [6.07, 6.45) is 0.254. The fourth-order valence-corrected chi connectivity index (χ4v) is 4.89. The molecule has 1 aliphatic carbocycles. The van der Waals surface area contributed by atoms with Gasteiger partial charge in [0.2, 0.25) is 0 Å². The summed E-state index contributed by atoms with van der Waals surface area (Å²) in [6.45, 7) is 5.96. The predicted molar refractivity (Wildman–Crippen MR) is 122 cm³/mol. The zero-order chi connectivity index (χ0) is 23.2. The zero-order valence-corrected chi connectivity index (χ0v) is 19.0. The third-order valence-corrected chi connectivity index (χ3v) is 6.99. The van der Waals surface area contributed by atoms with Gasteiger partial charge in [-0.25, -0.2) is 0 Å². The molecule has 1 atom stereocenters. The Kier molecular flexibility index (Phi) is 8.00. The van der Waals surface area contributed by atoms with E-state index in [4.69, 9.17) is 0 Å². The minimum Gasteiger partial charge on any atom is -0.301 e. The summed E-state index contributed by atoms with van der Waals surface area (Å²) < 4.78 is 41.4. The molecule has 2 aromatic rings. The van der Waals surface area contributed by atoms with Crippen LogP contribution in [-0.2, 0) is 18.0 Å². The molecule has 0 bridgehead atoms. The highest BCUT2D eigenvalue weighted by atomic mass is 19.4. The molecular weight excluding hydrogens is 409 g/mol. The summed E-state index contributed by atoms with van der Waals surface area (Å²) in [5.41, 5.74) is -0.289. The van der Waals surface area contributed by atoms with E-state index < -0.39 is 17.2 Å². The summed E-state index contributed by atoms with van der Waals surface area (Å²) in [6, 6.07) is 18.7. The van der Waals surface area contributed by atoms with Crippen LogP contribution < -0.4 is 0 Å². The normalized spacial score (nSPS) is 16.6. The first-order valence-electron chi connectivity index (χ1n) is 11.6. The Labute approximate surface area is 190 Å². The molecule has 1 unspecified atom stereocenters. The van der Waals surface area contributed by atoms with Gasteiger partial charge in [0.15, 0.2) is 0 Å². The SMILES string of the molecule is CC(C)N(CCCC(C#N)(c1ccccc1C(F)(F)F)C1CCC1)CCc1ccccc1. The van der Waals surface area contributed by atoms with Gasteiger partial charge in [-0.2, -0.15) is 18.4 Å². The van der Waals surface area contributed by atoms with E-state index in [0.717, 1.165) is 44.8 Å². The molecule has 5 heteroatoms. The monoisotopic (exact) mass is 442 g/mol. The Bertz CT molecular complexity index is 897. The molecule has 3 rings (SSSR count). The van der Waals surface area contributed by atoms with Gasteiger partial charge in [-0.1, -0.05) is 55.0 Å². The first-order valence-corrected chi connectivity index (χ1v) is 11.6. The van der Waals surface area contributed by atoms with Gasteiger partial charge in [-0.15, -0.1) is 0 Å². The van der Waals surface area contributed by atoms with Crippen molar-refractivity contribution >= 4 is 0 Å². The molecule has 1 fully saturated rings. The maximum Gasteiger partial charge on any atom is 0.416 e. The predicted octanol–water partition coefficient (Wildman–Crippen LogP) is 7.00. The topological polar surface area (TPSA) is 27.0 Å². The van der Waals surface area contributed by atoms with E-state index >= 15 is 0 Å². The minimum atomic E-state index is -4.46. The van der Waals surface area contributed by atoms with Gasteiger partial charge in [-0.05, 0) is 75.6 Å². The molecule has 0 aliphatic heterocycles. The second kappa shape index (κ2) is 10.5. The Morgan fingerprint density at radius 1 is 0.969 bits per heavy atom. The van der Waals surface area contributed by atoms with Gasteiger partial charge in [-0.3, -0.25) is 0 Å². The van der Waals surface area contributed by atoms with Gasteiger partial charge in [0, 0.05) is 12.6 Å². The number of nitriles is 1. The van der Waals surface area contributed by atoms with Crippen LogP contribution >= 0.6 is 0 Å². The van der Waals surface area contributed by atoms with Crippen molar-refractivity contribution in [3.05, 3.63) is 71.3 Å². The Balaban J connectivity index is 1.76. The molecule has 2 nitrogen and oxygen atoms in total. The summed E-state index contributed by atoms with van der Waals surface area (Å²) in [5, 5.41) is 10.3. The van der Waals surface area contributed by atoms with Crippen molar-refractivity contribution in [1.82, 2.24) is 4.90 Å². The Morgan fingerprint density at radius 2 is 1.59 bits per heavy atom. The lowest BCUT2D eigenvalue weighted by Gasteiger charge is -2.42. The summed E-state index contributed by atoms with van der Waals surface area (Å²) in [7, 11) is 0. The van der Waals surface area contributed by atoms with E-state index in [1.54, 1.807) is 6.07 Å². The number of hydrogen-bond acceptors (Lipinski definition) is 2. The van der Waals surface area contributed by atoms with Crippen LogP contribution in [0.4, 0.5) is 13.2 Å². The quantitative estimate of drug-likeness (QED) is 0.396. The molecule has 172 valence electrons. The zero-order valence-electron chi connectivity index (χ0n) is 19.0. The van der Waals surface area contributed by atoms with Crippen LogP contribution in [0.15, 0.2) is 54.6 Å². The van der Waals surface area contributed by atoms with Crippen LogP contribution in [-0.4, -0.2) is 24.0 Å². The Morgan fingerprint density at radius 3 is 2.12 bits per heavy atom. The van der Waals surface area contributed by atoms with Crippen LogP contribution in [0, 0.1) is 17.2 Å². The van der Waals surface area contributed by atoms with Crippen LogP contribution in [0.3, 0.4) is 0 Å². The molecule has 2 aromatic carbocycles. The lowest BCUT2D eigenvalue weighted by molar-refractivity contribution is -0.139. The lowest BCUT2D eigenvalue weighted by Crippen LogP contribution is -2.41. The number of rotatable bonds is 10. The summed E-state index contributed by atoms with van der Waals surface area (Å²) >= 11 is 0. The summed E-state index contributed by atoms with van der Waals surface area (Å²) in [5.74, 6) is -0.00665. The van der Waals surface area contributed by atoms with Crippen LogP contribution in [0.1, 0.15) is 62.6 Å². The van der Waals surface area contributed by atoms with E-state index in [1.165, 1.54) is 17.7 Å². The molecule has 0 amide bonds. The highest BCUT2D eigenvalue weighted by molar-refractivity contribution is 5.42. The van der Waals surface area contributed by atoms with Crippen LogP contribution in [0.25, 0.3) is 0 Å². The average molecular weight is 443 g/mol. The smallest absolute Gasteiger partial charge is 0.301 e. The van der Waals surface area contributed by atoms with E-state index in [0.29, 0.717) is 18.9 Å². The number of nitrogens with zero attached hydrogens (tertiary/aromatic N) is 2. The molecule has 1 saturated carbocycles. The molecule has 0 saturated heterocycles. The summed E-state index contributed by atoms with van der Waals surface area (Å²) in [4.78, 5) is 2.37. The fourth-order valence-electron chi connectivity index (χ4n) is 4.89. The maximum atomic E-state index is 13.8. The van der Waals surface area contributed by atoms with Crippen molar-refractivity contribution in [3.8, 4) is 6.07 Å². The lowest BCUT2D eigenvalue weighted by atomic mass is 9.60. The van der Waals surface area contributed by atoms with Gasteiger partial charge in [0.1, 0.15) is 0 Å². The number of hydrogen-bond donors (Lipinski definition) is 0. The first kappa shape index (κ1) is 24.3. The third-order valence-electron chi connectivity index (χ3n) is 6.99. The molecule has 0 aromatic heterocycles. The number of halogens is 3. The van der Waals surface area contributed by atoms with Gasteiger partial charge in [0.25, 0.3) is 0 Å². The fraction of sp³-hybridized carbons (Fsp3) is 0.519. The molecule has 0 N–H and O–H groups in total. The highest BCUT2D eigenvalue weighted by Gasteiger charge is 2.48. The first-order chi connectivity index (χ1) is 15.3. The van der Waals surface area contributed by atoms with Crippen molar-refractivity contribution in [2.75, 3.05) is 13.1 Å². The maximum absolute atomic E-state index is 13.8. The van der Waals surface area contributed by atoms with Crippen molar-refractivity contribution in [2.45, 2.75) is 70.0 Å².